The largest absolute Gasteiger partial charge is 0.310 e. The molecule has 0 unspecified atom stereocenters. The van der Waals surface area contributed by atoms with Gasteiger partial charge in [0.25, 0.3) is 0 Å². The van der Waals surface area contributed by atoms with E-state index in [0.29, 0.717) is 6.54 Å². The summed E-state index contributed by atoms with van der Waals surface area (Å²) < 4.78 is 0. The molecule has 1 fully saturated rings. The second kappa shape index (κ2) is 5.52. The predicted molar refractivity (Wildman–Crippen MR) is 91.4 cm³/mol. The number of H-pyrrole nitrogens is 1. The number of likely N-dealkylation sites (N-methyl/N-ethyl adjacent to an activating group) is 1. The zero-order valence-corrected chi connectivity index (χ0v) is 13.0. The van der Waals surface area contributed by atoms with Crippen molar-refractivity contribution < 1.29 is 4.79 Å². The summed E-state index contributed by atoms with van der Waals surface area (Å²) in [6.07, 6.45) is 0. The van der Waals surface area contributed by atoms with Gasteiger partial charge in [0.1, 0.15) is 0 Å². The van der Waals surface area contributed by atoms with Gasteiger partial charge >= 0.3 is 0 Å². The van der Waals surface area contributed by atoms with Crippen molar-refractivity contribution in [3.8, 4) is 11.3 Å². The van der Waals surface area contributed by atoms with Crippen molar-refractivity contribution in [2.45, 2.75) is 0 Å². The molecule has 2 aromatic carbocycles. The number of carbonyl (C=O) groups is 1. The minimum atomic E-state index is 0.150. The fourth-order valence-corrected chi connectivity index (χ4v) is 3.05. The lowest BCUT2D eigenvalue weighted by molar-refractivity contribution is -0.120. The van der Waals surface area contributed by atoms with Crippen molar-refractivity contribution in [1.29, 1.82) is 0 Å². The molecular weight excluding hydrogens is 288 g/mol. The molecule has 1 aliphatic heterocycles. The lowest BCUT2D eigenvalue weighted by Gasteiger charge is -2.32. The van der Waals surface area contributed by atoms with E-state index in [1.165, 1.54) is 0 Å². The Balaban J connectivity index is 1.65. The van der Waals surface area contributed by atoms with Gasteiger partial charge in [0, 0.05) is 29.7 Å². The number of hydrogen-bond acceptors (Lipinski definition) is 3. The monoisotopic (exact) mass is 306 g/mol. The molecular formula is C18H18N4O. The number of hydrogen-bond donors (Lipinski definition) is 1. The maximum atomic E-state index is 12.2. The van der Waals surface area contributed by atoms with E-state index in [-0.39, 0.29) is 5.91 Å². The van der Waals surface area contributed by atoms with E-state index in [2.05, 4.69) is 16.3 Å². The van der Waals surface area contributed by atoms with Gasteiger partial charge in [0.05, 0.1) is 17.8 Å². The Kier molecular flexibility index (Phi) is 3.35. The van der Waals surface area contributed by atoms with Crippen LogP contribution in [0, 0.1) is 0 Å². The van der Waals surface area contributed by atoms with Crippen LogP contribution in [0.15, 0.2) is 48.5 Å². The standard InChI is InChI=1S/C18H18N4O/c1-21-10-11-22(17(23)12-21)14-8-6-13(7-9-14)18-15-4-2-3-5-16(15)19-20-18/h2-9H,10-12H2,1H3,(H,19,20). The zero-order valence-electron chi connectivity index (χ0n) is 13.0. The molecule has 1 saturated heterocycles. The van der Waals surface area contributed by atoms with Crippen LogP contribution in [0.2, 0.25) is 0 Å². The summed E-state index contributed by atoms with van der Waals surface area (Å²) in [5, 5.41) is 8.58. The van der Waals surface area contributed by atoms with E-state index < -0.39 is 0 Å². The van der Waals surface area contributed by atoms with Gasteiger partial charge in [-0.3, -0.25) is 14.8 Å². The summed E-state index contributed by atoms with van der Waals surface area (Å²) >= 11 is 0. The second-order valence-corrected chi connectivity index (χ2v) is 5.95. The number of amides is 1. The van der Waals surface area contributed by atoms with Gasteiger partial charge in [0.2, 0.25) is 5.91 Å². The molecule has 0 aliphatic carbocycles. The Morgan fingerprint density at radius 3 is 2.61 bits per heavy atom. The van der Waals surface area contributed by atoms with Gasteiger partial charge in [-0.1, -0.05) is 30.3 Å². The van der Waals surface area contributed by atoms with Crippen LogP contribution in [0.1, 0.15) is 0 Å². The number of carbonyl (C=O) groups excluding carboxylic acids is 1. The summed E-state index contributed by atoms with van der Waals surface area (Å²) in [6.45, 7) is 2.11. The highest BCUT2D eigenvalue weighted by Crippen LogP contribution is 2.28. The normalized spacial score (nSPS) is 16.2. The molecule has 23 heavy (non-hydrogen) atoms. The third-order valence-corrected chi connectivity index (χ3v) is 4.33. The summed E-state index contributed by atoms with van der Waals surface area (Å²) in [5.41, 5.74) is 3.97. The third kappa shape index (κ3) is 2.49. The number of piperazine rings is 1. The molecule has 1 aromatic heterocycles. The highest BCUT2D eigenvalue weighted by atomic mass is 16.2. The number of aromatic amines is 1. The lowest BCUT2D eigenvalue weighted by atomic mass is 10.1. The first-order chi connectivity index (χ1) is 11.2. The number of anilines is 1. The van der Waals surface area contributed by atoms with Gasteiger partial charge in [-0.15, -0.1) is 0 Å². The summed E-state index contributed by atoms with van der Waals surface area (Å²) in [6, 6.07) is 16.2. The van der Waals surface area contributed by atoms with E-state index in [9.17, 15) is 4.79 Å². The van der Waals surface area contributed by atoms with Crippen molar-refractivity contribution in [3.63, 3.8) is 0 Å². The molecule has 4 rings (SSSR count). The minimum Gasteiger partial charge on any atom is -0.310 e. The van der Waals surface area contributed by atoms with Crippen molar-refractivity contribution in [2.24, 2.45) is 0 Å². The molecule has 0 bridgehead atoms. The first-order valence-electron chi connectivity index (χ1n) is 7.75. The lowest BCUT2D eigenvalue weighted by Crippen LogP contribution is -2.48. The first kappa shape index (κ1) is 14.0. The molecule has 1 aliphatic rings. The van der Waals surface area contributed by atoms with Crippen molar-refractivity contribution in [3.05, 3.63) is 48.5 Å². The van der Waals surface area contributed by atoms with Gasteiger partial charge in [-0.2, -0.15) is 5.10 Å². The van der Waals surface area contributed by atoms with E-state index in [1.54, 1.807) is 0 Å². The van der Waals surface area contributed by atoms with Gasteiger partial charge < -0.3 is 4.90 Å². The van der Waals surface area contributed by atoms with E-state index in [4.69, 9.17) is 0 Å². The predicted octanol–water partition coefficient (Wildman–Crippen LogP) is 2.51. The quantitative estimate of drug-likeness (QED) is 0.791. The van der Waals surface area contributed by atoms with Crippen LogP contribution >= 0.6 is 0 Å². The van der Waals surface area contributed by atoms with E-state index in [0.717, 1.165) is 40.9 Å². The second-order valence-electron chi connectivity index (χ2n) is 5.95. The molecule has 0 spiro atoms. The smallest absolute Gasteiger partial charge is 0.241 e. The topological polar surface area (TPSA) is 52.2 Å². The van der Waals surface area contributed by atoms with Crippen LogP contribution in [0.4, 0.5) is 5.69 Å². The molecule has 5 nitrogen and oxygen atoms in total. The summed E-state index contributed by atoms with van der Waals surface area (Å²) in [5.74, 6) is 0.150. The molecule has 0 saturated carbocycles. The average molecular weight is 306 g/mol. The first-order valence-corrected chi connectivity index (χ1v) is 7.75. The highest BCUT2D eigenvalue weighted by molar-refractivity contribution is 5.96. The molecule has 116 valence electrons. The van der Waals surface area contributed by atoms with Crippen LogP contribution in [0.5, 0.6) is 0 Å². The number of rotatable bonds is 2. The number of nitrogens with zero attached hydrogens (tertiary/aromatic N) is 3. The number of aromatic nitrogens is 2. The third-order valence-electron chi connectivity index (χ3n) is 4.33. The highest BCUT2D eigenvalue weighted by Gasteiger charge is 2.22. The van der Waals surface area contributed by atoms with E-state index in [1.807, 2.05) is 59.3 Å². The van der Waals surface area contributed by atoms with Crippen molar-refractivity contribution in [2.75, 3.05) is 31.6 Å². The van der Waals surface area contributed by atoms with Gasteiger partial charge in [0.15, 0.2) is 0 Å². The van der Waals surface area contributed by atoms with Crippen molar-refractivity contribution >= 4 is 22.5 Å². The van der Waals surface area contributed by atoms with E-state index >= 15 is 0 Å². The Morgan fingerprint density at radius 2 is 1.83 bits per heavy atom. The van der Waals surface area contributed by atoms with Crippen LogP contribution in [0.3, 0.4) is 0 Å². The Morgan fingerprint density at radius 1 is 1.04 bits per heavy atom. The molecule has 2 heterocycles. The molecule has 5 heteroatoms. The molecule has 0 radical (unpaired) electrons. The van der Waals surface area contributed by atoms with Crippen molar-refractivity contribution in [1.82, 2.24) is 15.1 Å². The average Bonchev–Trinajstić information content (AvgIpc) is 2.99. The number of fused-ring (bicyclic) bond motifs is 1. The van der Waals surface area contributed by atoms with Crippen LogP contribution in [-0.2, 0) is 4.79 Å². The van der Waals surface area contributed by atoms with Gasteiger partial charge in [-0.05, 0) is 25.2 Å². The summed E-state index contributed by atoms with van der Waals surface area (Å²) in [4.78, 5) is 16.1. The molecule has 1 amide bonds. The maximum Gasteiger partial charge on any atom is 0.241 e. The molecule has 1 N–H and O–H groups in total. The molecule has 3 aromatic rings. The van der Waals surface area contributed by atoms with Gasteiger partial charge in [-0.25, -0.2) is 0 Å². The molecule has 0 atom stereocenters. The minimum absolute atomic E-state index is 0.150. The number of para-hydroxylation sites is 1. The fraction of sp³-hybridized carbons (Fsp3) is 0.222. The number of nitrogens with one attached hydrogen (secondary N) is 1. The van der Waals surface area contributed by atoms with Crippen LogP contribution in [-0.4, -0.2) is 47.7 Å². The Bertz CT molecular complexity index is 853. The fourth-order valence-electron chi connectivity index (χ4n) is 3.05. The Labute approximate surface area is 134 Å². The van der Waals surface area contributed by atoms with Crippen LogP contribution in [0.25, 0.3) is 22.2 Å². The van der Waals surface area contributed by atoms with Crippen LogP contribution < -0.4 is 4.90 Å². The number of benzene rings is 2. The maximum absolute atomic E-state index is 12.2. The summed E-state index contributed by atoms with van der Waals surface area (Å²) in [7, 11) is 1.97. The SMILES string of the molecule is CN1CCN(c2ccc(-c3n[nH]c4ccccc34)cc2)C(=O)C1. The Hall–Kier alpha value is -2.66. The zero-order chi connectivity index (χ0) is 15.8.